The first kappa shape index (κ1) is 16.8. The molecule has 1 aromatic carbocycles. The minimum atomic E-state index is 0.594. The molecule has 1 aromatic heterocycles. The lowest BCUT2D eigenvalue weighted by Gasteiger charge is -2.21. The van der Waals surface area contributed by atoms with Crippen molar-refractivity contribution >= 4 is 16.9 Å². The summed E-state index contributed by atoms with van der Waals surface area (Å²) < 4.78 is 11.5. The standard InChI is InChI=1S/C19H27N3O2/c1-4-23-13-15-9-10-22(12-15)19(20-3)21-11-18-14(2)16-7-5-6-8-17(16)24-18/h5-8,15H,4,9-13H2,1-3H3,(H,20,21). The Morgan fingerprint density at radius 3 is 3.00 bits per heavy atom. The summed E-state index contributed by atoms with van der Waals surface area (Å²) in [6.07, 6.45) is 1.16. The van der Waals surface area contributed by atoms with Gasteiger partial charge in [0.05, 0.1) is 13.2 Å². The highest BCUT2D eigenvalue weighted by Crippen LogP contribution is 2.25. The zero-order valence-electron chi connectivity index (χ0n) is 14.8. The Balaban J connectivity index is 1.61. The highest BCUT2D eigenvalue weighted by atomic mass is 16.5. The number of hydrogen-bond acceptors (Lipinski definition) is 3. The largest absolute Gasteiger partial charge is 0.459 e. The molecule has 0 bridgehead atoms. The number of rotatable bonds is 5. The van der Waals surface area contributed by atoms with Crippen molar-refractivity contribution in [3.63, 3.8) is 0 Å². The molecule has 3 rings (SSSR count). The second kappa shape index (κ2) is 7.71. The Labute approximate surface area is 143 Å². The minimum Gasteiger partial charge on any atom is -0.459 e. The fourth-order valence-corrected chi connectivity index (χ4v) is 3.33. The lowest BCUT2D eigenvalue weighted by Crippen LogP contribution is -2.39. The van der Waals surface area contributed by atoms with Gasteiger partial charge in [-0.05, 0) is 26.3 Å². The average molecular weight is 329 g/mol. The second-order valence-electron chi connectivity index (χ2n) is 6.31. The van der Waals surface area contributed by atoms with Gasteiger partial charge in [-0.2, -0.15) is 0 Å². The smallest absolute Gasteiger partial charge is 0.194 e. The maximum absolute atomic E-state index is 5.97. The van der Waals surface area contributed by atoms with Crippen LogP contribution in [0.1, 0.15) is 24.7 Å². The van der Waals surface area contributed by atoms with E-state index in [2.05, 4.69) is 28.2 Å². The van der Waals surface area contributed by atoms with Gasteiger partial charge in [-0.25, -0.2) is 0 Å². The quantitative estimate of drug-likeness (QED) is 0.676. The van der Waals surface area contributed by atoms with Crippen molar-refractivity contribution < 1.29 is 9.15 Å². The molecule has 0 amide bonds. The summed E-state index contributed by atoms with van der Waals surface area (Å²) in [5.41, 5.74) is 2.14. The number of aryl methyl sites for hydroxylation is 1. The van der Waals surface area contributed by atoms with Gasteiger partial charge in [0.25, 0.3) is 0 Å². The van der Waals surface area contributed by atoms with Gasteiger partial charge in [0, 0.05) is 43.6 Å². The first-order valence-corrected chi connectivity index (χ1v) is 8.73. The molecular weight excluding hydrogens is 302 g/mol. The van der Waals surface area contributed by atoms with Crippen LogP contribution in [-0.4, -0.2) is 44.2 Å². The predicted octanol–water partition coefficient (Wildman–Crippen LogP) is 3.18. The van der Waals surface area contributed by atoms with E-state index in [9.17, 15) is 0 Å². The van der Waals surface area contributed by atoms with Gasteiger partial charge < -0.3 is 19.4 Å². The summed E-state index contributed by atoms with van der Waals surface area (Å²) in [4.78, 5) is 6.74. The lowest BCUT2D eigenvalue weighted by atomic mass is 10.1. The Morgan fingerprint density at radius 2 is 2.25 bits per heavy atom. The average Bonchev–Trinajstić information content (AvgIpc) is 3.19. The summed E-state index contributed by atoms with van der Waals surface area (Å²) in [5.74, 6) is 2.51. The summed E-state index contributed by atoms with van der Waals surface area (Å²) in [6, 6.07) is 8.17. The van der Waals surface area contributed by atoms with Crippen LogP contribution < -0.4 is 5.32 Å². The number of aliphatic imine (C=N–C) groups is 1. The number of hydrogen-bond donors (Lipinski definition) is 1. The van der Waals surface area contributed by atoms with Crippen LogP contribution in [0, 0.1) is 12.8 Å². The van der Waals surface area contributed by atoms with E-state index in [1.165, 1.54) is 10.9 Å². The van der Waals surface area contributed by atoms with E-state index in [-0.39, 0.29) is 0 Å². The van der Waals surface area contributed by atoms with E-state index >= 15 is 0 Å². The molecule has 24 heavy (non-hydrogen) atoms. The molecule has 1 aliphatic rings. The topological polar surface area (TPSA) is 50.0 Å². The number of furan rings is 1. The van der Waals surface area contributed by atoms with Crippen molar-refractivity contribution in [1.29, 1.82) is 0 Å². The van der Waals surface area contributed by atoms with Crippen molar-refractivity contribution in [2.24, 2.45) is 10.9 Å². The number of guanidine groups is 1. The number of para-hydroxylation sites is 1. The molecule has 0 radical (unpaired) electrons. The van der Waals surface area contributed by atoms with E-state index in [0.29, 0.717) is 12.5 Å². The molecule has 1 saturated heterocycles. The number of likely N-dealkylation sites (tertiary alicyclic amines) is 1. The zero-order valence-corrected chi connectivity index (χ0v) is 14.8. The van der Waals surface area contributed by atoms with Crippen molar-refractivity contribution in [2.45, 2.75) is 26.8 Å². The second-order valence-corrected chi connectivity index (χ2v) is 6.31. The van der Waals surface area contributed by atoms with E-state index in [0.717, 1.165) is 50.0 Å². The molecule has 1 atom stereocenters. The number of benzene rings is 1. The van der Waals surface area contributed by atoms with Crippen LogP contribution in [-0.2, 0) is 11.3 Å². The summed E-state index contributed by atoms with van der Waals surface area (Å²) in [6.45, 7) is 8.46. The highest BCUT2D eigenvalue weighted by molar-refractivity contribution is 5.83. The van der Waals surface area contributed by atoms with Crippen molar-refractivity contribution in [1.82, 2.24) is 10.2 Å². The maximum atomic E-state index is 5.97. The van der Waals surface area contributed by atoms with Crippen molar-refractivity contribution in [3.8, 4) is 0 Å². The molecule has 1 fully saturated rings. The van der Waals surface area contributed by atoms with Gasteiger partial charge >= 0.3 is 0 Å². The highest BCUT2D eigenvalue weighted by Gasteiger charge is 2.25. The van der Waals surface area contributed by atoms with Gasteiger partial charge in [-0.15, -0.1) is 0 Å². The van der Waals surface area contributed by atoms with Crippen LogP contribution in [0.4, 0.5) is 0 Å². The van der Waals surface area contributed by atoms with Crippen LogP contribution in [0.5, 0.6) is 0 Å². The Kier molecular flexibility index (Phi) is 5.41. The van der Waals surface area contributed by atoms with Crippen molar-refractivity contribution in [2.75, 3.05) is 33.4 Å². The number of nitrogens with zero attached hydrogens (tertiary/aromatic N) is 2. The maximum Gasteiger partial charge on any atom is 0.194 e. The van der Waals surface area contributed by atoms with Crippen molar-refractivity contribution in [3.05, 3.63) is 35.6 Å². The lowest BCUT2D eigenvalue weighted by molar-refractivity contribution is 0.114. The summed E-state index contributed by atoms with van der Waals surface area (Å²) >= 11 is 0. The van der Waals surface area contributed by atoms with E-state index in [1.54, 1.807) is 0 Å². The summed E-state index contributed by atoms with van der Waals surface area (Å²) in [7, 11) is 1.84. The van der Waals surface area contributed by atoms with Crippen LogP contribution in [0.3, 0.4) is 0 Å². The molecule has 130 valence electrons. The first-order valence-electron chi connectivity index (χ1n) is 8.73. The third-order valence-corrected chi connectivity index (χ3v) is 4.70. The first-order chi connectivity index (χ1) is 11.7. The molecule has 0 saturated carbocycles. The van der Waals surface area contributed by atoms with E-state index in [1.807, 2.05) is 32.2 Å². The van der Waals surface area contributed by atoms with Gasteiger partial charge in [0.15, 0.2) is 5.96 Å². The van der Waals surface area contributed by atoms with Gasteiger partial charge in [0.2, 0.25) is 0 Å². The predicted molar refractivity (Wildman–Crippen MR) is 97.3 cm³/mol. The monoisotopic (exact) mass is 329 g/mol. The molecule has 2 aromatic rings. The molecule has 1 aliphatic heterocycles. The SMILES string of the molecule is CCOCC1CCN(C(=NC)NCc2oc3ccccc3c2C)C1. The van der Waals surface area contributed by atoms with Gasteiger partial charge in [0.1, 0.15) is 11.3 Å². The molecule has 5 heteroatoms. The Hall–Kier alpha value is -2.01. The van der Waals surface area contributed by atoms with Crippen LogP contribution in [0.15, 0.2) is 33.7 Å². The third kappa shape index (κ3) is 3.56. The van der Waals surface area contributed by atoms with E-state index in [4.69, 9.17) is 9.15 Å². The van der Waals surface area contributed by atoms with Gasteiger partial charge in [-0.3, -0.25) is 4.99 Å². The van der Waals surface area contributed by atoms with Crippen LogP contribution in [0.2, 0.25) is 0 Å². The van der Waals surface area contributed by atoms with E-state index < -0.39 is 0 Å². The fourth-order valence-electron chi connectivity index (χ4n) is 3.33. The minimum absolute atomic E-state index is 0.594. The van der Waals surface area contributed by atoms with Gasteiger partial charge in [-0.1, -0.05) is 18.2 Å². The molecular formula is C19H27N3O2. The Bertz CT molecular complexity index is 708. The number of ether oxygens (including phenoxy) is 1. The number of nitrogens with one attached hydrogen (secondary N) is 1. The third-order valence-electron chi connectivity index (χ3n) is 4.70. The summed E-state index contributed by atoms with van der Waals surface area (Å²) in [5, 5.41) is 4.63. The normalized spacial score (nSPS) is 18.5. The Morgan fingerprint density at radius 1 is 1.42 bits per heavy atom. The zero-order chi connectivity index (χ0) is 16.9. The molecule has 2 heterocycles. The molecule has 5 nitrogen and oxygen atoms in total. The van der Waals surface area contributed by atoms with Crippen LogP contribution >= 0.6 is 0 Å². The molecule has 0 aliphatic carbocycles. The molecule has 1 N–H and O–H groups in total. The molecule has 1 unspecified atom stereocenters. The van der Waals surface area contributed by atoms with Crippen LogP contribution in [0.25, 0.3) is 11.0 Å². The number of fused-ring (bicyclic) bond motifs is 1. The fraction of sp³-hybridized carbons (Fsp3) is 0.526. The molecule has 0 spiro atoms.